The van der Waals surface area contributed by atoms with Gasteiger partial charge in [-0.1, -0.05) is 18.2 Å². The molecule has 24 heavy (non-hydrogen) atoms. The third-order valence-corrected chi connectivity index (χ3v) is 4.99. The van der Waals surface area contributed by atoms with Crippen LogP contribution in [0.3, 0.4) is 0 Å². The summed E-state index contributed by atoms with van der Waals surface area (Å²) in [4.78, 5) is 4.77. The largest absolute Gasteiger partial charge is 0.489 e. The standard InChI is InChI=1S/C18H20N2O3S/c1-24(21,22)17-6-3-2-5-15(17)13-23-16-9-7-14(8-10-16)18-19-11-4-12-20-18/h2-3,5-10H,4,11-13H2,1H3,(H,19,20). The van der Waals surface area contributed by atoms with Gasteiger partial charge in [0.1, 0.15) is 18.2 Å². The number of amidine groups is 1. The smallest absolute Gasteiger partial charge is 0.175 e. The van der Waals surface area contributed by atoms with Gasteiger partial charge in [-0.3, -0.25) is 4.99 Å². The highest BCUT2D eigenvalue weighted by molar-refractivity contribution is 7.90. The van der Waals surface area contributed by atoms with Crippen molar-refractivity contribution in [2.45, 2.75) is 17.9 Å². The average molecular weight is 344 g/mol. The molecule has 0 saturated heterocycles. The Kier molecular flexibility index (Phi) is 4.85. The van der Waals surface area contributed by atoms with Gasteiger partial charge in [-0.15, -0.1) is 0 Å². The molecule has 3 rings (SSSR count). The molecule has 0 amide bonds. The van der Waals surface area contributed by atoms with Gasteiger partial charge in [0.2, 0.25) is 0 Å². The lowest BCUT2D eigenvalue weighted by Crippen LogP contribution is -2.30. The maximum Gasteiger partial charge on any atom is 0.175 e. The summed E-state index contributed by atoms with van der Waals surface area (Å²) in [5, 5.41) is 3.28. The van der Waals surface area contributed by atoms with Crippen LogP contribution >= 0.6 is 0 Å². The predicted molar refractivity (Wildman–Crippen MR) is 94.3 cm³/mol. The lowest BCUT2D eigenvalue weighted by molar-refractivity contribution is 0.303. The summed E-state index contributed by atoms with van der Waals surface area (Å²) in [5.74, 6) is 1.61. The highest BCUT2D eigenvalue weighted by atomic mass is 32.2. The van der Waals surface area contributed by atoms with Gasteiger partial charge in [0.05, 0.1) is 4.90 Å². The summed E-state index contributed by atoms with van der Waals surface area (Å²) in [6.45, 7) is 2.00. The molecular weight excluding hydrogens is 324 g/mol. The predicted octanol–water partition coefficient (Wildman–Crippen LogP) is 2.41. The van der Waals surface area contributed by atoms with E-state index in [1.807, 2.05) is 30.3 Å². The molecule has 6 heteroatoms. The maximum absolute atomic E-state index is 11.8. The number of nitrogens with zero attached hydrogens (tertiary/aromatic N) is 1. The Balaban J connectivity index is 1.71. The van der Waals surface area contributed by atoms with Crippen LogP contribution < -0.4 is 10.1 Å². The van der Waals surface area contributed by atoms with Crippen LogP contribution in [-0.2, 0) is 16.4 Å². The zero-order chi connectivity index (χ0) is 17.0. The number of aliphatic imine (C=N–C) groups is 1. The molecule has 0 atom stereocenters. The SMILES string of the molecule is CS(=O)(=O)c1ccccc1COc1ccc(C2=NCCCN2)cc1. The molecule has 0 bridgehead atoms. The van der Waals surface area contributed by atoms with Crippen LogP contribution in [-0.4, -0.2) is 33.6 Å². The van der Waals surface area contributed by atoms with E-state index in [4.69, 9.17) is 4.74 Å². The van der Waals surface area contributed by atoms with Gasteiger partial charge < -0.3 is 10.1 Å². The number of ether oxygens (including phenoxy) is 1. The topological polar surface area (TPSA) is 67.8 Å². The minimum Gasteiger partial charge on any atom is -0.489 e. The highest BCUT2D eigenvalue weighted by Crippen LogP contribution is 2.19. The lowest BCUT2D eigenvalue weighted by Gasteiger charge is -2.15. The maximum atomic E-state index is 11.8. The van der Waals surface area contributed by atoms with Crippen LogP contribution in [0.4, 0.5) is 0 Å². The van der Waals surface area contributed by atoms with Crippen molar-refractivity contribution in [2.75, 3.05) is 19.3 Å². The summed E-state index contributed by atoms with van der Waals surface area (Å²) < 4.78 is 29.4. The molecule has 0 aromatic heterocycles. The fraction of sp³-hybridized carbons (Fsp3) is 0.278. The fourth-order valence-corrected chi connectivity index (χ4v) is 3.51. The third-order valence-electron chi connectivity index (χ3n) is 3.79. The van der Waals surface area contributed by atoms with Gasteiger partial charge >= 0.3 is 0 Å². The van der Waals surface area contributed by atoms with Crippen LogP contribution in [0.5, 0.6) is 5.75 Å². The monoisotopic (exact) mass is 344 g/mol. The van der Waals surface area contributed by atoms with Crippen molar-refractivity contribution in [1.82, 2.24) is 5.32 Å². The third kappa shape index (κ3) is 3.94. The van der Waals surface area contributed by atoms with Crippen molar-refractivity contribution >= 4 is 15.7 Å². The molecule has 0 saturated carbocycles. The van der Waals surface area contributed by atoms with Gasteiger partial charge in [0.15, 0.2) is 9.84 Å². The summed E-state index contributed by atoms with van der Waals surface area (Å²) in [6.07, 6.45) is 2.27. The van der Waals surface area contributed by atoms with Crippen LogP contribution in [0.15, 0.2) is 58.4 Å². The van der Waals surface area contributed by atoms with E-state index in [1.54, 1.807) is 18.2 Å². The summed E-state index contributed by atoms with van der Waals surface area (Å²) in [6, 6.07) is 14.5. The molecule has 2 aromatic rings. The number of hydrogen-bond donors (Lipinski definition) is 1. The highest BCUT2D eigenvalue weighted by Gasteiger charge is 2.13. The Bertz CT molecular complexity index is 843. The number of rotatable bonds is 5. The van der Waals surface area contributed by atoms with E-state index in [1.165, 1.54) is 6.26 Å². The number of sulfone groups is 1. The van der Waals surface area contributed by atoms with E-state index in [2.05, 4.69) is 10.3 Å². The molecule has 1 heterocycles. The second-order valence-electron chi connectivity index (χ2n) is 5.70. The van der Waals surface area contributed by atoms with Gasteiger partial charge in [-0.2, -0.15) is 0 Å². The van der Waals surface area contributed by atoms with Crippen molar-refractivity contribution in [1.29, 1.82) is 0 Å². The first-order valence-corrected chi connectivity index (χ1v) is 9.73. The first-order chi connectivity index (χ1) is 11.5. The van der Waals surface area contributed by atoms with E-state index in [0.717, 1.165) is 30.9 Å². The molecule has 1 aliphatic heterocycles. The van der Waals surface area contributed by atoms with Crippen molar-refractivity contribution in [3.05, 3.63) is 59.7 Å². The van der Waals surface area contributed by atoms with Crippen molar-refractivity contribution < 1.29 is 13.2 Å². The average Bonchev–Trinajstić information content (AvgIpc) is 2.61. The molecule has 126 valence electrons. The normalized spacial score (nSPS) is 14.6. The van der Waals surface area contributed by atoms with Gasteiger partial charge in [0.25, 0.3) is 0 Å². The van der Waals surface area contributed by atoms with E-state index < -0.39 is 9.84 Å². The molecule has 5 nitrogen and oxygen atoms in total. The van der Waals surface area contributed by atoms with Gasteiger partial charge in [-0.05, 0) is 36.8 Å². The Labute approximate surface area is 142 Å². The molecule has 1 aliphatic rings. The van der Waals surface area contributed by atoms with Crippen LogP contribution in [0, 0.1) is 0 Å². The number of benzene rings is 2. The fourth-order valence-electron chi connectivity index (χ4n) is 2.58. The summed E-state index contributed by atoms with van der Waals surface area (Å²) in [7, 11) is -3.26. The molecule has 0 unspecified atom stereocenters. The molecule has 1 N–H and O–H groups in total. The van der Waals surface area contributed by atoms with Crippen molar-refractivity contribution in [2.24, 2.45) is 4.99 Å². The van der Waals surface area contributed by atoms with Crippen molar-refractivity contribution in [3.63, 3.8) is 0 Å². The molecule has 0 spiro atoms. The Morgan fingerprint density at radius 2 is 1.88 bits per heavy atom. The van der Waals surface area contributed by atoms with Gasteiger partial charge in [-0.25, -0.2) is 8.42 Å². The Morgan fingerprint density at radius 3 is 2.54 bits per heavy atom. The van der Waals surface area contributed by atoms with E-state index in [9.17, 15) is 8.42 Å². The minimum atomic E-state index is -3.26. The quantitative estimate of drug-likeness (QED) is 0.904. The second kappa shape index (κ2) is 7.05. The Hall–Kier alpha value is -2.34. The zero-order valence-corrected chi connectivity index (χ0v) is 14.3. The van der Waals surface area contributed by atoms with E-state index >= 15 is 0 Å². The molecule has 2 aromatic carbocycles. The van der Waals surface area contributed by atoms with E-state index in [0.29, 0.717) is 16.2 Å². The minimum absolute atomic E-state index is 0.210. The summed E-state index contributed by atoms with van der Waals surface area (Å²) in [5.41, 5.74) is 1.68. The second-order valence-corrected chi connectivity index (χ2v) is 7.69. The summed E-state index contributed by atoms with van der Waals surface area (Å²) >= 11 is 0. The van der Waals surface area contributed by atoms with Gasteiger partial charge in [0, 0.05) is 30.5 Å². The zero-order valence-electron chi connectivity index (χ0n) is 13.5. The first-order valence-electron chi connectivity index (χ1n) is 7.83. The molecule has 0 radical (unpaired) electrons. The lowest BCUT2D eigenvalue weighted by atomic mass is 10.1. The molecular formula is C18H20N2O3S. The number of nitrogens with one attached hydrogen (secondary N) is 1. The molecule has 0 fully saturated rings. The van der Waals surface area contributed by atoms with Crippen molar-refractivity contribution in [3.8, 4) is 5.75 Å². The molecule has 0 aliphatic carbocycles. The first kappa shape index (κ1) is 16.5. The number of hydrogen-bond acceptors (Lipinski definition) is 5. The van der Waals surface area contributed by atoms with Crippen LogP contribution in [0.1, 0.15) is 17.5 Å². The van der Waals surface area contributed by atoms with Crippen LogP contribution in [0.25, 0.3) is 0 Å². The Morgan fingerprint density at radius 1 is 1.12 bits per heavy atom. The van der Waals surface area contributed by atoms with E-state index in [-0.39, 0.29) is 6.61 Å². The van der Waals surface area contributed by atoms with Crippen LogP contribution in [0.2, 0.25) is 0 Å².